The van der Waals surface area contributed by atoms with Gasteiger partial charge < -0.3 is 75.0 Å². The van der Waals surface area contributed by atoms with Crippen molar-refractivity contribution in [1.29, 1.82) is 0 Å². The molecular weight excluding hydrogens is 1710 g/mol. The zero-order valence-corrected chi connectivity index (χ0v) is 78.5. The summed E-state index contributed by atoms with van der Waals surface area (Å²) in [5.41, 5.74) is 16.1. The predicted octanol–water partition coefficient (Wildman–Crippen LogP) is 16.9. The molecule has 0 saturated carbocycles. The summed E-state index contributed by atoms with van der Waals surface area (Å²) < 4.78 is 45.5. The van der Waals surface area contributed by atoms with E-state index in [9.17, 15) is 41.9 Å². The van der Waals surface area contributed by atoms with Crippen molar-refractivity contribution in [3.05, 3.63) is 233 Å². The number of hydrogen-bond acceptors (Lipinski definition) is 17. The summed E-state index contributed by atoms with van der Waals surface area (Å²) in [6.45, 7) is 24.1. The Bertz CT molecular complexity index is 6340. The molecule has 0 aliphatic carbocycles. The first-order valence-corrected chi connectivity index (χ1v) is 48.0. The lowest BCUT2D eigenvalue weighted by atomic mass is 9.97. The van der Waals surface area contributed by atoms with Gasteiger partial charge in [0.05, 0.1) is 55.7 Å². The van der Waals surface area contributed by atoms with Gasteiger partial charge in [0.1, 0.15) is 36.1 Å². The van der Waals surface area contributed by atoms with Crippen LogP contribution in [0, 0.1) is 11.8 Å². The molecule has 11 heterocycles. The van der Waals surface area contributed by atoms with Crippen LogP contribution in [0.3, 0.4) is 0 Å². The molecule has 5 saturated heterocycles. The van der Waals surface area contributed by atoms with Crippen LogP contribution in [-0.4, -0.2) is 236 Å². The molecule has 6 N–H and O–H groups in total. The first kappa shape index (κ1) is 92.6. The zero-order valence-electron chi connectivity index (χ0n) is 78.5. The zero-order chi connectivity index (χ0) is 93.9. The standard InChI is InChI=1S/C37H45N7O2.C35H39F3N6O2.C34H39N7O2/c1-24(2)34-36(45)40-31-12-11-27(38-28-14-19-43(23-28)22-25-8-6-5-7-9-25)21-30(31)35-39-32-20-26(10-13-33(32)44(34)35)37(46)42(4)29-15-17-41(3)18-16-29;1-3-22(2)31-34(46)42-28-12-11-26(39-14-17-43-15-5-4-6-16-43)20-27(28)32-41-29-19-24(10-13-30(29)44(31)32)33(45)40-21-23-8-7-9-25(18-23)35(36,37)38;1-37-14-12-26(13-15-37)38(2)34(43)25-8-11-31-30(20-25)36-33-28-21-27(9-10-29(28)35-32(42)23-41(31)33)40-18-16-39(17-19-40)22-24-6-4-3-5-7-24/h5-13,20-21,24,28-29,34,38H,14-19,22-23H2,1-4H3,(H,40,45);7-13,18-20,22,31,39H,3-6,14-17,21H2,1-2H3,(H,40,45)(H,42,46);3-11,20-21,26H,12-19,22-23H2,1-2H3,(H,35,42)/t;22-,31?;/m.0./s1. The van der Waals surface area contributed by atoms with Crippen LogP contribution < -0.4 is 36.8 Å². The molecule has 4 atom stereocenters. The van der Waals surface area contributed by atoms with Crippen LogP contribution in [0.4, 0.5) is 47.3 Å². The molecule has 6 amide bonds. The molecule has 0 spiro atoms. The molecular formula is C106H123F3N20O6. The Hall–Kier alpha value is -12.8. The summed E-state index contributed by atoms with van der Waals surface area (Å²) in [7, 11) is 8.09. The molecule has 9 aromatic carbocycles. The highest BCUT2D eigenvalue weighted by atomic mass is 19.4. The number of fused-ring (bicyclic) bond motifs is 15. The summed E-state index contributed by atoms with van der Waals surface area (Å²) in [5.74, 6) is 1.52. The predicted molar refractivity (Wildman–Crippen MR) is 528 cm³/mol. The smallest absolute Gasteiger partial charge is 0.384 e. The number of nitrogens with one attached hydrogen (secondary N) is 6. The number of rotatable bonds is 21. The number of likely N-dealkylation sites (tertiary alicyclic amines) is 4. The van der Waals surface area contributed by atoms with E-state index < -0.39 is 29.7 Å². The third kappa shape index (κ3) is 20.6. The van der Waals surface area contributed by atoms with Crippen molar-refractivity contribution in [2.24, 2.45) is 11.8 Å². The fraction of sp³-hybridized carbons (Fsp3) is 0.406. The molecule has 135 heavy (non-hydrogen) atoms. The third-order valence-electron chi connectivity index (χ3n) is 28.6. The van der Waals surface area contributed by atoms with Crippen LogP contribution in [0.5, 0.6) is 0 Å². The van der Waals surface area contributed by atoms with Crippen LogP contribution >= 0.6 is 0 Å². The maximum absolute atomic E-state index is 13.7. The molecule has 8 aliphatic rings. The minimum atomic E-state index is -4.46. The number of benzene rings is 9. The lowest BCUT2D eigenvalue weighted by Gasteiger charge is -2.36. The second-order valence-corrected chi connectivity index (χ2v) is 38.2. The summed E-state index contributed by atoms with van der Waals surface area (Å²) in [6, 6.07) is 60.9. The van der Waals surface area contributed by atoms with Gasteiger partial charge in [-0.1, -0.05) is 113 Å². The molecule has 12 aromatic rings. The molecule has 26 nitrogen and oxygen atoms in total. The van der Waals surface area contributed by atoms with E-state index >= 15 is 0 Å². The number of aromatic nitrogens is 6. The van der Waals surface area contributed by atoms with Gasteiger partial charge in [0.2, 0.25) is 17.7 Å². The first-order chi connectivity index (χ1) is 65.3. The Kier molecular flexibility index (Phi) is 27.7. The highest BCUT2D eigenvalue weighted by molar-refractivity contribution is 6.07. The van der Waals surface area contributed by atoms with E-state index in [0.29, 0.717) is 45.3 Å². The minimum Gasteiger partial charge on any atom is -0.384 e. The van der Waals surface area contributed by atoms with E-state index in [1.807, 2.05) is 114 Å². The number of imidazole rings is 3. The van der Waals surface area contributed by atoms with Crippen LogP contribution in [0.1, 0.15) is 151 Å². The van der Waals surface area contributed by atoms with Gasteiger partial charge >= 0.3 is 6.18 Å². The highest BCUT2D eigenvalue weighted by Crippen LogP contribution is 2.45. The van der Waals surface area contributed by atoms with Crippen molar-refractivity contribution >= 4 is 103 Å². The normalized spacial score (nSPS) is 18.8. The Morgan fingerprint density at radius 3 is 1.61 bits per heavy atom. The van der Waals surface area contributed by atoms with Crippen molar-refractivity contribution in [3.63, 3.8) is 0 Å². The lowest BCUT2D eigenvalue weighted by Crippen LogP contribution is -2.45. The Morgan fingerprint density at radius 1 is 0.496 bits per heavy atom. The number of carbonyl (C=O) groups is 6. The molecule has 8 aliphatic heterocycles. The second kappa shape index (κ2) is 40.4. The Balaban J connectivity index is 0.000000135. The molecule has 3 unspecified atom stereocenters. The lowest BCUT2D eigenvalue weighted by molar-refractivity contribution is -0.137. The third-order valence-corrected chi connectivity index (χ3v) is 28.6. The maximum atomic E-state index is 13.7. The van der Waals surface area contributed by atoms with Crippen LogP contribution in [0.25, 0.3) is 67.3 Å². The van der Waals surface area contributed by atoms with Crippen LogP contribution in [0.2, 0.25) is 0 Å². The average molecular weight is 1830 g/mol. The molecule has 704 valence electrons. The number of amides is 6. The van der Waals surface area contributed by atoms with Gasteiger partial charge in [-0.05, 0) is 248 Å². The number of carbonyl (C=O) groups excluding carboxylic acids is 6. The number of halogens is 3. The van der Waals surface area contributed by atoms with Crippen molar-refractivity contribution in [2.45, 2.75) is 148 Å². The summed E-state index contributed by atoms with van der Waals surface area (Å²) >= 11 is 0. The molecule has 0 bridgehead atoms. The van der Waals surface area contributed by atoms with Gasteiger partial charge in [0.15, 0.2) is 0 Å². The molecule has 0 radical (unpaired) electrons. The fourth-order valence-electron chi connectivity index (χ4n) is 20.6. The number of anilines is 6. The fourth-order valence-corrected chi connectivity index (χ4v) is 20.6. The van der Waals surface area contributed by atoms with E-state index in [0.717, 1.165) is 240 Å². The number of nitrogens with zero attached hydrogens (tertiary/aromatic N) is 14. The van der Waals surface area contributed by atoms with Gasteiger partial charge in [-0.2, -0.15) is 13.2 Å². The molecule has 29 heteroatoms. The molecule has 20 rings (SSSR count). The maximum Gasteiger partial charge on any atom is 0.416 e. The van der Waals surface area contributed by atoms with Gasteiger partial charge in [-0.15, -0.1) is 0 Å². The van der Waals surface area contributed by atoms with E-state index in [1.165, 1.54) is 36.5 Å². The topological polar surface area (TPSA) is 254 Å². The summed E-state index contributed by atoms with van der Waals surface area (Å²) in [5, 5.41) is 19.4. The van der Waals surface area contributed by atoms with Crippen molar-refractivity contribution in [1.82, 2.24) is 68.3 Å². The Morgan fingerprint density at radius 2 is 1.01 bits per heavy atom. The Labute approximate surface area is 787 Å². The number of piperazine rings is 1. The molecule has 3 aromatic heterocycles. The van der Waals surface area contributed by atoms with Crippen molar-refractivity contribution < 1.29 is 41.9 Å². The highest BCUT2D eigenvalue weighted by Gasteiger charge is 2.39. The summed E-state index contributed by atoms with van der Waals surface area (Å²) in [6.07, 6.45) is 5.07. The van der Waals surface area contributed by atoms with E-state index in [1.54, 1.807) is 24.3 Å². The summed E-state index contributed by atoms with van der Waals surface area (Å²) in [4.78, 5) is 114. The van der Waals surface area contributed by atoms with Crippen molar-refractivity contribution in [3.8, 4) is 34.2 Å². The average Bonchev–Trinajstić information content (AvgIpc) is 1.63. The SMILES string of the molecule is CC(C)C1C(=O)Nc2ccc(NC3CCN(Cc4ccccc4)C3)cc2-c2nc3cc(C(=O)N(C)C4CCN(C)CC4)ccc3n21.CC[C@H](C)C1C(=O)Nc2ccc(NCCN3CCCCC3)cc2-c2nc3cc(C(=O)NCc4cccc(C(F)(F)F)c4)ccc3n21.CN1CCC(N(C)C(=O)c2ccc3c(c2)nc2n3CC(=O)Nc3ccc(N4CCN(Cc5ccccc5)CC4)cc3-2)CC1. The quantitative estimate of drug-likeness (QED) is 0.0391. The van der Waals surface area contributed by atoms with Crippen LogP contribution in [-0.2, 0) is 46.7 Å². The number of piperidine rings is 3. The van der Waals surface area contributed by atoms with E-state index in [2.05, 4.69) is 179 Å². The first-order valence-electron chi connectivity index (χ1n) is 48.0. The van der Waals surface area contributed by atoms with E-state index in [-0.39, 0.29) is 66.5 Å². The van der Waals surface area contributed by atoms with Crippen LogP contribution in [0.15, 0.2) is 194 Å². The number of alkyl halides is 3. The monoisotopic (exact) mass is 1830 g/mol. The largest absolute Gasteiger partial charge is 0.416 e. The number of hydrogen-bond donors (Lipinski definition) is 6. The van der Waals surface area contributed by atoms with Gasteiger partial charge in [0.25, 0.3) is 17.7 Å². The van der Waals surface area contributed by atoms with Crippen molar-refractivity contribution in [2.75, 3.05) is 151 Å². The minimum absolute atomic E-state index is 0.00281. The van der Waals surface area contributed by atoms with Gasteiger partial charge in [0, 0.05) is 155 Å². The second-order valence-electron chi connectivity index (χ2n) is 38.2. The molecule has 5 fully saturated rings. The van der Waals surface area contributed by atoms with E-state index in [4.69, 9.17) is 15.0 Å². The van der Waals surface area contributed by atoms with Gasteiger partial charge in [-0.25, -0.2) is 15.0 Å². The van der Waals surface area contributed by atoms with Gasteiger partial charge in [-0.3, -0.25) is 38.6 Å².